The molecule has 7 heteroatoms. The predicted octanol–water partition coefficient (Wildman–Crippen LogP) is -1.47. The summed E-state index contributed by atoms with van der Waals surface area (Å²) in [5, 5.41) is 10.6. The predicted molar refractivity (Wildman–Crippen MR) is 63.5 cm³/mol. The molecule has 0 bridgehead atoms. The second-order valence-corrected chi connectivity index (χ2v) is 7.06. The van der Waals surface area contributed by atoms with Gasteiger partial charge < -0.3 is 14.4 Å². The first-order valence-corrected chi connectivity index (χ1v) is 7.21. The third-order valence-corrected chi connectivity index (χ3v) is 3.64. The van der Waals surface area contributed by atoms with E-state index in [2.05, 4.69) is 4.72 Å². The fourth-order valence-corrected chi connectivity index (χ4v) is 2.91. The maximum atomic E-state index is 11.6. The van der Waals surface area contributed by atoms with Gasteiger partial charge in [-0.2, -0.15) is 0 Å². The van der Waals surface area contributed by atoms with Gasteiger partial charge in [0, 0.05) is 12.4 Å². The molecule has 1 N–H and O–H groups in total. The average Bonchev–Trinajstić information content (AvgIpc) is 1.96. The highest BCUT2D eigenvalue weighted by Gasteiger charge is 2.23. The number of nitrogens with zero attached hydrogens (tertiary/aromatic N) is 1. The topological polar surface area (TPSA) is 86.3 Å². The Kier molecular flexibility index (Phi) is 6.08. The van der Waals surface area contributed by atoms with Crippen molar-refractivity contribution in [2.24, 2.45) is 0 Å². The third-order valence-electron chi connectivity index (χ3n) is 2.00. The lowest BCUT2D eigenvalue weighted by molar-refractivity contribution is -0.871. The molecule has 0 heterocycles. The van der Waals surface area contributed by atoms with E-state index in [4.69, 9.17) is 0 Å². The molecular weight excluding hydrogens is 244 g/mol. The summed E-state index contributed by atoms with van der Waals surface area (Å²) in [6, 6.07) is -0.628. The number of carbonyl (C=O) groups is 1. The second-order valence-electron chi connectivity index (χ2n) is 5.18. The molecular formula is C10H22N2O4S. The molecule has 0 radical (unpaired) electrons. The number of likely N-dealkylation sites (N-methyl/N-ethyl adjacent to an activating group) is 1. The van der Waals surface area contributed by atoms with Crippen LogP contribution in [0.4, 0.5) is 0 Å². The lowest BCUT2D eigenvalue weighted by Crippen LogP contribution is -2.51. The molecule has 0 amide bonds. The standard InChI is InChI=1S/C10H22N2O4S/c1-5-6-17(15,16)11-9(7-10(13)14)8-12(2,3)4/h9,11H,5-8H2,1-4H3. The fourth-order valence-electron chi connectivity index (χ4n) is 1.59. The van der Waals surface area contributed by atoms with E-state index in [1.165, 1.54) is 0 Å². The Hall–Kier alpha value is -0.660. The van der Waals surface area contributed by atoms with E-state index in [0.29, 0.717) is 17.4 Å². The van der Waals surface area contributed by atoms with Crippen LogP contribution in [-0.4, -0.2) is 58.4 Å². The van der Waals surface area contributed by atoms with Gasteiger partial charge in [-0.05, 0) is 6.42 Å². The summed E-state index contributed by atoms with van der Waals surface area (Å²) in [6.45, 7) is 2.16. The van der Waals surface area contributed by atoms with Gasteiger partial charge in [0.15, 0.2) is 0 Å². The zero-order valence-electron chi connectivity index (χ0n) is 10.9. The molecule has 0 aromatic carbocycles. The van der Waals surface area contributed by atoms with E-state index >= 15 is 0 Å². The largest absolute Gasteiger partial charge is 0.550 e. The van der Waals surface area contributed by atoms with Crippen molar-refractivity contribution in [3.63, 3.8) is 0 Å². The van der Waals surface area contributed by atoms with Crippen LogP contribution in [0.2, 0.25) is 0 Å². The van der Waals surface area contributed by atoms with Gasteiger partial charge in [-0.1, -0.05) is 6.92 Å². The number of rotatable bonds is 8. The summed E-state index contributed by atoms with van der Waals surface area (Å²) in [5.41, 5.74) is 0. The number of carbonyl (C=O) groups excluding carboxylic acids is 1. The summed E-state index contributed by atoms with van der Waals surface area (Å²) < 4.78 is 26.1. The quantitative estimate of drug-likeness (QED) is 0.543. The van der Waals surface area contributed by atoms with E-state index in [1.54, 1.807) is 6.92 Å². The van der Waals surface area contributed by atoms with Gasteiger partial charge in [-0.3, -0.25) is 0 Å². The Morgan fingerprint density at radius 3 is 2.24 bits per heavy atom. The van der Waals surface area contributed by atoms with Crippen molar-refractivity contribution in [1.82, 2.24) is 4.72 Å². The number of sulfonamides is 1. The van der Waals surface area contributed by atoms with Crippen LogP contribution < -0.4 is 9.83 Å². The molecule has 0 fully saturated rings. The first-order chi connectivity index (χ1) is 7.56. The van der Waals surface area contributed by atoms with Gasteiger partial charge in [-0.15, -0.1) is 0 Å². The van der Waals surface area contributed by atoms with Crippen molar-refractivity contribution in [1.29, 1.82) is 0 Å². The molecule has 0 aromatic heterocycles. The lowest BCUT2D eigenvalue weighted by atomic mass is 10.2. The average molecular weight is 266 g/mol. The van der Waals surface area contributed by atoms with Crippen molar-refractivity contribution in [2.45, 2.75) is 25.8 Å². The number of carboxylic acids is 1. The minimum Gasteiger partial charge on any atom is -0.550 e. The second kappa shape index (κ2) is 6.32. The maximum absolute atomic E-state index is 11.6. The van der Waals surface area contributed by atoms with Gasteiger partial charge in [0.2, 0.25) is 10.0 Å². The molecule has 0 aromatic rings. The highest BCUT2D eigenvalue weighted by atomic mass is 32.2. The van der Waals surface area contributed by atoms with E-state index in [1.807, 2.05) is 21.1 Å². The molecule has 0 aliphatic heterocycles. The van der Waals surface area contributed by atoms with Gasteiger partial charge in [0.25, 0.3) is 0 Å². The van der Waals surface area contributed by atoms with Crippen LogP contribution in [-0.2, 0) is 14.8 Å². The maximum Gasteiger partial charge on any atom is 0.212 e. The molecule has 6 nitrogen and oxygen atoms in total. The summed E-state index contributed by atoms with van der Waals surface area (Å²) in [7, 11) is 2.21. The number of aliphatic carboxylic acids is 1. The summed E-state index contributed by atoms with van der Waals surface area (Å²) >= 11 is 0. The molecule has 0 saturated carbocycles. The molecule has 17 heavy (non-hydrogen) atoms. The first kappa shape index (κ1) is 16.3. The molecule has 1 atom stereocenters. The number of carboxylic acid groups (broad SMARTS) is 1. The molecule has 0 saturated heterocycles. The Balaban J connectivity index is 4.65. The van der Waals surface area contributed by atoms with Gasteiger partial charge in [0.1, 0.15) is 0 Å². The van der Waals surface area contributed by atoms with Crippen molar-refractivity contribution >= 4 is 16.0 Å². The minimum atomic E-state index is -3.40. The molecule has 102 valence electrons. The minimum absolute atomic E-state index is 0.00763. The summed E-state index contributed by atoms with van der Waals surface area (Å²) in [6.07, 6.45) is 0.191. The van der Waals surface area contributed by atoms with Crippen LogP contribution in [0.1, 0.15) is 19.8 Å². The summed E-state index contributed by atoms with van der Waals surface area (Å²) in [5.74, 6) is -1.24. The van der Waals surface area contributed by atoms with E-state index in [-0.39, 0.29) is 12.2 Å². The normalized spacial score (nSPS) is 14.6. The molecule has 0 aliphatic carbocycles. The fraction of sp³-hybridized carbons (Fsp3) is 0.900. The van der Waals surface area contributed by atoms with Crippen LogP contribution in [0.5, 0.6) is 0 Å². The SMILES string of the molecule is CCCS(=O)(=O)NC(CC(=O)[O-])C[N+](C)(C)C. The van der Waals surface area contributed by atoms with Gasteiger partial charge in [0.05, 0.1) is 39.5 Å². The van der Waals surface area contributed by atoms with E-state index < -0.39 is 22.0 Å². The zero-order valence-corrected chi connectivity index (χ0v) is 11.7. The van der Waals surface area contributed by atoms with Crippen LogP contribution in [0.25, 0.3) is 0 Å². The van der Waals surface area contributed by atoms with Crippen LogP contribution in [0, 0.1) is 0 Å². The Morgan fingerprint density at radius 2 is 1.88 bits per heavy atom. The molecule has 0 spiro atoms. The van der Waals surface area contributed by atoms with Crippen molar-refractivity contribution in [3.05, 3.63) is 0 Å². The highest BCUT2D eigenvalue weighted by molar-refractivity contribution is 7.89. The number of nitrogens with one attached hydrogen (secondary N) is 1. The van der Waals surface area contributed by atoms with Gasteiger partial charge >= 0.3 is 0 Å². The Bertz CT molecular complexity index is 346. The molecule has 0 aliphatic rings. The number of hydrogen-bond acceptors (Lipinski definition) is 4. The number of hydrogen-bond donors (Lipinski definition) is 1. The lowest BCUT2D eigenvalue weighted by Gasteiger charge is -2.29. The van der Waals surface area contributed by atoms with Crippen LogP contribution in [0.3, 0.4) is 0 Å². The smallest absolute Gasteiger partial charge is 0.212 e. The van der Waals surface area contributed by atoms with Crippen LogP contribution in [0.15, 0.2) is 0 Å². The highest BCUT2D eigenvalue weighted by Crippen LogP contribution is 2.02. The van der Waals surface area contributed by atoms with Crippen LogP contribution >= 0.6 is 0 Å². The Labute approximate surface area is 103 Å². The number of quaternary nitrogens is 1. The van der Waals surface area contributed by atoms with E-state index in [9.17, 15) is 18.3 Å². The van der Waals surface area contributed by atoms with Crippen molar-refractivity contribution < 1.29 is 22.8 Å². The van der Waals surface area contributed by atoms with E-state index in [0.717, 1.165) is 0 Å². The van der Waals surface area contributed by atoms with Gasteiger partial charge in [-0.25, -0.2) is 13.1 Å². The zero-order chi connectivity index (χ0) is 13.7. The Morgan fingerprint density at radius 1 is 1.35 bits per heavy atom. The molecule has 0 rings (SSSR count). The molecule has 1 unspecified atom stereocenters. The van der Waals surface area contributed by atoms with Crippen molar-refractivity contribution in [2.75, 3.05) is 33.4 Å². The summed E-state index contributed by atoms with van der Waals surface area (Å²) in [4.78, 5) is 10.6. The van der Waals surface area contributed by atoms with Crippen molar-refractivity contribution in [3.8, 4) is 0 Å². The third kappa shape index (κ3) is 9.08. The monoisotopic (exact) mass is 266 g/mol. The first-order valence-electron chi connectivity index (χ1n) is 5.56.